The highest BCUT2D eigenvalue weighted by Crippen LogP contribution is 2.34. The summed E-state index contributed by atoms with van der Waals surface area (Å²) in [6.45, 7) is 1.65. The number of rotatable bonds is 3. The van der Waals surface area contributed by atoms with Gasteiger partial charge in [-0.15, -0.1) is 6.58 Å². The molecule has 21 heavy (non-hydrogen) atoms. The SMILES string of the molecule is [2H]C(=C)C([2H])([2H])c1c([2H])c([2H])c([2H])c2c1OC([2H])c1c(C(=O)N(C)C)nc([2H])n1-2. The molecule has 1 aromatic heterocycles. The Balaban J connectivity index is 2.46. The Kier molecular flexibility index (Phi) is 1.68. The van der Waals surface area contributed by atoms with Gasteiger partial charge < -0.3 is 9.64 Å². The number of hydrogen-bond acceptors (Lipinski definition) is 3. The minimum atomic E-state index is -2.62. The van der Waals surface area contributed by atoms with Crippen molar-refractivity contribution in [3.05, 3.63) is 54.0 Å². The molecular formula is C16H17N3O2. The summed E-state index contributed by atoms with van der Waals surface area (Å²) in [5, 5.41) is 0. The van der Waals surface area contributed by atoms with Crippen molar-refractivity contribution in [2.75, 3.05) is 14.1 Å². The highest BCUT2D eigenvalue weighted by Gasteiger charge is 2.26. The van der Waals surface area contributed by atoms with E-state index in [1.807, 2.05) is 0 Å². The Morgan fingerprint density at radius 1 is 1.76 bits per heavy atom. The van der Waals surface area contributed by atoms with Gasteiger partial charge >= 0.3 is 0 Å². The zero-order valence-electron chi connectivity index (χ0n) is 19.4. The molecule has 0 N–H and O–H groups in total. The monoisotopic (exact) mass is 291 g/mol. The largest absolute Gasteiger partial charge is 0.485 e. The fourth-order valence-electron chi connectivity index (χ4n) is 1.91. The highest BCUT2D eigenvalue weighted by atomic mass is 16.5. The zero-order valence-corrected chi connectivity index (χ0v) is 11.4. The van der Waals surface area contributed by atoms with E-state index in [0.717, 1.165) is 4.57 Å². The summed E-state index contributed by atoms with van der Waals surface area (Å²) >= 11 is 0. The summed E-state index contributed by atoms with van der Waals surface area (Å²) < 4.78 is 71.3. The molecule has 0 fully saturated rings. The Labute approximate surface area is 134 Å². The maximum absolute atomic E-state index is 12.4. The van der Waals surface area contributed by atoms with E-state index in [9.17, 15) is 4.79 Å². The Morgan fingerprint density at radius 2 is 2.57 bits per heavy atom. The average Bonchev–Trinajstić information content (AvgIpc) is 2.96. The molecule has 0 saturated carbocycles. The summed E-state index contributed by atoms with van der Waals surface area (Å²) in [6.07, 6.45) is -3.12. The Hall–Kier alpha value is -2.56. The number of para-hydroxylation sites is 1. The van der Waals surface area contributed by atoms with E-state index in [-0.39, 0.29) is 17.1 Å². The molecule has 0 bridgehead atoms. The zero-order chi connectivity index (χ0) is 22.0. The third-order valence-electron chi connectivity index (χ3n) is 2.89. The second-order valence-corrected chi connectivity index (χ2v) is 4.45. The summed E-state index contributed by atoms with van der Waals surface area (Å²) in [5.74, 6) is -1.02. The van der Waals surface area contributed by atoms with Crippen LogP contribution in [0.3, 0.4) is 0 Å². The average molecular weight is 291 g/mol. The van der Waals surface area contributed by atoms with Crippen molar-refractivity contribution < 1.29 is 20.5 Å². The van der Waals surface area contributed by atoms with Crippen molar-refractivity contribution in [3.8, 4) is 11.4 Å². The van der Waals surface area contributed by atoms with Gasteiger partial charge in [0.05, 0.1) is 18.2 Å². The van der Waals surface area contributed by atoms with Crippen LogP contribution in [0, 0.1) is 0 Å². The van der Waals surface area contributed by atoms with Gasteiger partial charge in [-0.05, 0) is 12.4 Å². The number of hydrogen-bond donors (Lipinski definition) is 0. The number of benzene rings is 1. The fraction of sp³-hybridized carbons (Fsp3) is 0.250. The van der Waals surface area contributed by atoms with Gasteiger partial charge in [-0.25, -0.2) is 4.98 Å². The number of imidazole rings is 1. The van der Waals surface area contributed by atoms with Crippen molar-refractivity contribution in [1.82, 2.24) is 14.5 Å². The molecule has 1 unspecified atom stereocenters. The number of nitrogens with zero attached hydrogens (tertiary/aromatic N) is 3. The van der Waals surface area contributed by atoms with Gasteiger partial charge in [0.1, 0.15) is 20.0 Å². The predicted octanol–water partition coefficient (Wildman–Crippen LogP) is 2.19. The van der Waals surface area contributed by atoms with Crippen LogP contribution in [0.4, 0.5) is 0 Å². The second kappa shape index (κ2) is 5.09. The van der Waals surface area contributed by atoms with Crippen LogP contribution in [0.5, 0.6) is 5.75 Å². The Bertz CT molecular complexity index is 1060. The van der Waals surface area contributed by atoms with Crippen LogP contribution in [0.1, 0.15) is 32.7 Å². The first-order chi connectivity index (χ1) is 13.3. The van der Waals surface area contributed by atoms with Crippen LogP contribution < -0.4 is 4.74 Å². The summed E-state index contributed by atoms with van der Waals surface area (Å²) in [6, 6.07) is -2.60. The first-order valence-corrected chi connectivity index (χ1v) is 6.02. The molecule has 1 atom stereocenters. The second-order valence-electron chi connectivity index (χ2n) is 4.45. The first kappa shape index (κ1) is 6.93. The first-order valence-electron chi connectivity index (χ1n) is 10.1. The lowest BCUT2D eigenvalue weighted by Gasteiger charge is -2.23. The van der Waals surface area contributed by atoms with Crippen LogP contribution in [0.15, 0.2) is 37.1 Å². The van der Waals surface area contributed by atoms with Gasteiger partial charge in [-0.2, -0.15) is 0 Å². The highest BCUT2D eigenvalue weighted by molar-refractivity contribution is 5.93. The molecule has 0 aliphatic carbocycles. The standard InChI is InChI=1S/C16H17N3O2/c1-4-6-11-7-5-8-12-15(11)21-9-13-14(16(20)18(2)3)17-10-19(12)13/h4-5,7-8,10H,1,6,9H2,2-3H3/i4D,5D,6D2,7D,8D,9D,10D. The van der Waals surface area contributed by atoms with Gasteiger partial charge in [0.15, 0.2) is 5.69 Å². The maximum atomic E-state index is 12.4. The molecule has 0 radical (unpaired) electrons. The molecule has 2 heterocycles. The molecule has 5 heteroatoms. The van der Waals surface area contributed by atoms with Gasteiger partial charge in [-0.1, -0.05) is 18.1 Å². The number of fused-ring (bicyclic) bond motifs is 3. The van der Waals surface area contributed by atoms with Crippen LogP contribution in [-0.2, 0) is 13.0 Å². The van der Waals surface area contributed by atoms with Crippen LogP contribution in [0.25, 0.3) is 5.69 Å². The van der Waals surface area contributed by atoms with Gasteiger partial charge in [0.2, 0.25) is 0 Å². The van der Waals surface area contributed by atoms with Crippen LogP contribution in [-0.4, -0.2) is 34.5 Å². The Morgan fingerprint density at radius 3 is 3.29 bits per heavy atom. The molecule has 1 aliphatic rings. The maximum Gasteiger partial charge on any atom is 0.273 e. The lowest BCUT2D eigenvalue weighted by molar-refractivity contribution is 0.0819. The van der Waals surface area contributed by atoms with E-state index >= 15 is 0 Å². The summed E-state index contributed by atoms with van der Waals surface area (Å²) in [7, 11) is 2.93. The van der Waals surface area contributed by atoms with Crippen molar-refractivity contribution in [2.45, 2.75) is 13.0 Å². The van der Waals surface area contributed by atoms with E-state index in [1.165, 1.54) is 19.0 Å². The number of carbonyl (C=O) groups is 1. The number of ether oxygens (including phenoxy) is 1. The molecule has 1 amide bonds. The summed E-state index contributed by atoms with van der Waals surface area (Å²) in [4.78, 5) is 17.5. The minimum absolute atomic E-state index is 0.136. The molecular weight excluding hydrogens is 266 g/mol. The molecule has 0 saturated heterocycles. The van der Waals surface area contributed by atoms with Crippen molar-refractivity contribution in [1.29, 1.82) is 0 Å². The third kappa shape index (κ3) is 2.11. The minimum Gasteiger partial charge on any atom is -0.485 e. The van der Waals surface area contributed by atoms with Gasteiger partial charge in [0.25, 0.3) is 5.91 Å². The molecule has 3 rings (SSSR count). The molecule has 108 valence electrons. The van der Waals surface area contributed by atoms with Gasteiger partial charge in [0, 0.05) is 22.4 Å². The molecule has 2 aromatic rings. The number of allylic oxidation sites excluding steroid dienone is 1. The van der Waals surface area contributed by atoms with E-state index in [2.05, 4.69) is 11.6 Å². The summed E-state index contributed by atoms with van der Waals surface area (Å²) in [5.41, 5.74) is -1.19. The number of carbonyl (C=O) groups excluding carboxylic acids is 1. The van der Waals surface area contributed by atoms with Crippen molar-refractivity contribution in [2.24, 2.45) is 0 Å². The van der Waals surface area contributed by atoms with E-state index in [1.54, 1.807) is 0 Å². The van der Waals surface area contributed by atoms with Crippen LogP contribution >= 0.6 is 0 Å². The lowest BCUT2D eigenvalue weighted by Crippen LogP contribution is -2.25. The quantitative estimate of drug-likeness (QED) is 0.815. The van der Waals surface area contributed by atoms with Crippen molar-refractivity contribution in [3.63, 3.8) is 0 Å². The normalized spacial score (nSPS) is 21.7. The van der Waals surface area contributed by atoms with Gasteiger partial charge in [-0.3, -0.25) is 9.36 Å². The fourth-order valence-corrected chi connectivity index (χ4v) is 1.91. The topological polar surface area (TPSA) is 47.4 Å². The van der Waals surface area contributed by atoms with E-state index in [4.69, 9.17) is 15.7 Å². The third-order valence-corrected chi connectivity index (χ3v) is 2.89. The predicted molar refractivity (Wildman–Crippen MR) is 79.8 cm³/mol. The number of aromatic nitrogens is 2. The smallest absolute Gasteiger partial charge is 0.273 e. The van der Waals surface area contributed by atoms with Crippen LogP contribution in [0.2, 0.25) is 0 Å². The van der Waals surface area contributed by atoms with Crippen molar-refractivity contribution >= 4 is 5.91 Å². The van der Waals surface area contributed by atoms with E-state index in [0.29, 0.717) is 0 Å². The molecule has 1 aliphatic heterocycles. The number of amides is 1. The molecule has 1 aromatic carbocycles. The molecule has 5 nitrogen and oxygen atoms in total. The molecule has 0 spiro atoms. The lowest BCUT2D eigenvalue weighted by atomic mass is 10.1. The van der Waals surface area contributed by atoms with E-state index < -0.39 is 60.7 Å².